The van der Waals surface area contributed by atoms with Crippen molar-refractivity contribution in [2.75, 3.05) is 13.2 Å². The van der Waals surface area contributed by atoms with Gasteiger partial charge in [-0.05, 0) is 125 Å². The number of carbonyl (C=O) groups is 2. The second kappa shape index (κ2) is 24.2. The fourth-order valence-corrected chi connectivity index (χ4v) is 7.91. The third-order valence-corrected chi connectivity index (χ3v) is 11.8. The van der Waals surface area contributed by atoms with Gasteiger partial charge in [0.15, 0.2) is 0 Å². The number of halogens is 3. The van der Waals surface area contributed by atoms with Gasteiger partial charge < -0.3 is 28.3 Å². The quantitative estimate of drug-likeness (QED) is 0.0739. The molecule has 1 N–H and O–H groups in total. The van der Waals surface area contributed by atoms with Gasteiger partial charge in [-0.15, -0.1) is 11.6 Å². The van der Waals surface area contributed by atoms with Crippen molar-refractivity contribution in [3.05, 3.63) is 188 Å². The Hall–Kier alpha value is -6.47. The predicted octanol–water partition coefficient (Wildman–Crippen LogP) is 11.8. The van der Waals surface area contributed by atoms with Crippen LogP contribution in [0.2, 0.25) is 10.0 Å². The topological polar surface area (TPSA) is 143 Å². The number of esters is 2. The van der Waals surface area contributed by atoms with Crippen molar-refractivity contribution in [3.63, 3.8) is 0 Å². The molecule has 8 rings (SSSR count). The smallest absolute Gasteiger partial charge is 0.311 e. The highest BCUT2D eigenvalue weighted by Gasteiger charge is 2.32. The molecule has 6 heterocycles. The number of benzene rings is 2. The second-order valence-corrected chi connectivity index (χ2v) is 18.6. The van der Waals surface area contributed by atoms with E-state index in [2.05, 4.69) is 24.1 Å². The van der Waals surface area contributed by atoms with Crippen molar-refractivity contribution in [2.24, 2.45) is 10.8 Å². The lowest BCUT2D eigenvalue weighted by molar-refractivity contribution is -0.154. The minimum absolute atomic E-state index is 0.151. The molecule has 0 amide bonds. The minimum atomic E-state index is -0.680. The largest absolute Gasteiger partial charge is 0.471 e. The summed E-state index contributed by atoms with van der Waals surface area (Å²) < 4.78 is 20.7. The Morgan fingerprint density at radius 3 is 1.64 bits per heavy atom. The Morgan fingerprint density at radius 2 is 1.14 bits per heavy atom. The van der Waals surface area contributed by atoms with Crippen LogP contribution < -0.4 is 10.3 Å². The van der Waals surface area contributed by atoms with Crippen molar-refractivity contribution >= 4 is 68.8 Å². The maximum atomic E-state index is 12.6. The fourth-order valence-electron chi connectivity index (χ4n) is 7.50. The number of fused-ring (bicyclic) bond motifs is 2. The van der Waals surface area contributed by atoms with Crippen LogP contribution in [0.25, 0.3) is 22.1 Å². The molecular formula is C54H57Cl3N6O6. The molecule has 0 aliphatic carbocycles. The predicted molar refractivity (Wildman–Crippen MR) is 274 cm³/mol. The van der Waals surface area contributed by atoms with Gasteiger partial charge in [0.05, 0.1) is 63.4 Å². The number of alkyl halides is 1. The third kappa shape index (κ3) is 14.5. The molecule has 0 aliphatic rings. The molecule has 0 fully saturated rings. The monoisotopic (exact) mass is 990 g/mol. The first-order valence-corrected chi connectivity index (χ1v) is 23.9. The number of pyridine rings is 4. The lowest BCUT2D eigenvalue weighted by atomic mass is 9.88. The Bertz CT molecular complexity index is 2990. The number of hydrogen-bond acceptors (Lipinski definition) is 9. The van der Waals surface area contributed by atoms with Crippen LogP contribution in [-0.2, 0) is 57.5 Å². The molecule has 360 valence electrons. The zero-order chi connectivity index (χ0) is 49.6. The van der Waals surface area contributed by atoms with Crippen LogP contribution in [0.3, 0.4) is 0 Å². The van der Waals surface area contributed by atoms with E-state index in [1.807, 2.05) is 150 Å². The highest BCUT2D eigenvalue weighted by Crippen LogP contribution is 2.31. The average molecular weight is 992 g/mol. The van der Waals surface area contributed by atoms with Crippen molar-refractivity contribution in [1.29, 1.82) is 0 Å². The van der Waals surface area contributed by atoms with Gasteiger partial charge in [-0.2, -0.15) is 0 Å². The summed E-state index contributed by atoms with van der Waals surface area (Å²) in [4.78, 5) is 52.5. The number of aromatic amines is 1. The number of aromatic nitrogens is 6. The molecule has 6 aromatic heterocycles. The summed E-state index contributed by atoms with van der Waals surface area (Å²) in [5.74, 6) is 0.575. The number of H-pyrrole nitrogens is 1. The van der Waals surface area contributed by atoms with Gasteiger partial charge in [-0.25, -0.2) is 4.98 Å². The first kappa shape index (κ1) is 51.9. The summed E-state index contributed by atoms with van der Waals surface area (Å²) in [7, 11) is 0. The summed E-state index contributed by atoms with van der Waals surface area (Å²) in [5.41, 5.74) is 7.84. The summed E-state index contributed by atoms with van der Waals surface area (Å²) in [6.45, 7) is 13.5. The lowest BCUT2D eigenvalue weighted by Crippen LogP contribution is -2.30. The van der Waals surface area contributed by atoms with Gasteiger partial charge >= 0.3 is 11.9 Å². The maximum Gasteiger partial charge on any atom is 0.311 e. The van der Waals surface area contributed by atoms with E-state index in [1.54, 1.807) is 19.3 Å². The van der Waals surface area contributed by atoms with E-state index in [1.165, 1.54) is 6.07 Å². The Kier molecular flexibility index (Phi) is 18.2. The third-order valence-electron chi connectivity index (χ3n) is 11.1. The van der Waals surface area contributed by atoms with E-state index in [4.69, 9.17) is 54.0 Å². The normalized spacial score (nSPS) is 11.3. The van der Waals surface area contributed by atoms with E-state index in [0.29, 0.717) is 67.6 Å². The van der Waals surface area contributed by atoms with E-state index < -0.39 is 10.8 Å². The van der Waals surface area contributed by atoms with Gasteiger partial charge in [0, 0.05) is 71.9 Å². The Morgan fingerprint density at radius 1 is 0.638 bits per heavy atom. The first-order chi connectivity index (χ1) is 33.1. The SMILES string of the molecule is CCOC(=O)C(C)(C)Cc1cc2[nH]c(=O)ccc2n1Cc1ccc(Cl)cc1.CCOC(=O)C(C)(C)Cc1cc2nc(OCc3ccccn3)ccc2n1Cc1ccc(Cl)cc1.ClCc1ccccn1. The molecule has 0 bridgehead atoms. The fraction of sp³-hybridized carbons (Fsp3) is 0.296. The van der Waals surface area contributed by atoms with Crippen LogP contribution >= 0.6 is 34.8 Å². The van der Waals surface area contributed by atoms with Gasteiger partial charge in [0.2, 0.25) is 11.4 Å². The summed E-state index contributed by atoms with van der Waals surface area (Å²) in [5, 5.41) is 1.38. The summed E-state index contributed by atoms with van der Waals surface area (Å²) >= 11 is 17.5. The molecular weight excluding hydrogens is 935 g/mol. The van der Waals surface area contributed by atoms with E-state index in [-0.39, 0.29) is 17.5 Å². The molecule has 0 aliphatic heterocycles. The minimum Gasteiger partial charge on any atom is -0.471 e. The molecule has 8 aromatic rings. The van der Waals surface area contributed by atoms with Crippen LogP contribution in [-0.4, -0.2) is 54.2 Å². The van der Waals surface area contributed by atoms with Gasteiger partial charge in [0.1, 0.15) is 6.61 Å². The highest BCUT2D eigenvalue weighted by molar-refractivity contribution is 6.30. The van der Waals surface area contributed by atoms with Crippen LogP contribution in [0.1, 0.15) is 75.4 Å². The summed E-state index contributed by atoms with van der Waals surface area (Å²) in [6, 6.07) is 38.0. The van der Waals surface area contributed by atoms with Crippen molar-refractivity contribution in [3.8, 4) is 5.88 Å². The van der Waals surface area contributed by atoms with Crippen molar-refractivity contribution < 1.29 is 23.8 Å². The molecule has 0 atom stereocenters. The zero-order valence-corrected chi connectivity index (χ0v) is 41.9. The number of ether oxygens (including phenoxy) is 3. The molecule has 0 unspecified atom stereocenters. The van der Waals surface area contributed by atoms with Gasteiger partial charge in [0.25, 0.3) is 0 Å². The molecule has 0 saturated carbocycles. The van der Waals surface area contributed by atoms with Gasteiger partial charge in [-0.1, -0.05) is 59.6 Å². The molecule has 69 heavy (non-hydrogen) atoms. The Labute approximate surface area is 417 Å². The van der Waals surface area contributed by atoms with E-state index in [9.17, 15) is 14.4 Å². The summed E-state index contributed by atoms with van der Waals surface area (Å²) in [6.07, 6.45) is 4.48. The molecule has 0 radical (unpaired) electrons. The van der Waals surface area contributed by atoms with Gasteiger partial charge in [-0.3, -0.25) is 24.4 Å². The average Bonchev–Trinajstić information content (AvgIpc) is 3.84. The first-order valence-electron chi connectivity index (χ1n) is 22.6. The number of rotatable bonds is 16. The zero-order valence-electron chi connectivity index (χ0n) is 39.7. The standard InChI is InChI=1S/C27H28ClN3O3.C21H23ClN2O3.C6H6ClN/c1-4-33-26(32)27(2,3)16-22-15-23-24(31(22)17-19-8-10-20(28)11-9-19)12-13-25(30-23)34-18-21-7-5-6-14-29-21;1-4-27-20(26)21(2,3)12-16-11-17-18(9-10-19(25)23-17)24(16)13-14-5-7-15(22)8-6-14;7-5-6-3-1-2-4-8-6/h5-15H,4,16-18H2,1-3H3;5-11H,4,12-13H2,1-3H3,(H,23,25);1-4H,5H2. The van der Waals surface area contributed by atoms with Crippen LogP contribution in [0.4, 0.5) is 0 Å². The van der Waals surface area contributed by atoms with Crippen LogP contribution in [0.15, 0.2) is 139 Å². The Balaban J connectivity index is 0.000000199. The number of hydrogen-bond donors (Lipinski definition) is 1. The molecule has 15 heteroatoms. The number of nitrogens with zero attached hydrogens (tertiary/aromatic N) is 5. The van der Waals surface area contributed by atoms with Crippen molar-refractivity contribution in [1.82, 2.24) is 29.1 Å². The van der Waals surface area contributed by atoms with Crippen LogP contribution in [0.5, 0.6) is 5.88 Å². The lowest BCUT2D eigenvalue weighted by Gasteiger charge is -2.23. The van der Waals surface area contributed by atoms with E-state index in [0.717, 1.165) is 56.0 Å². The highest BCUT2D eigenvalue weighted by atomic mass is 35.5. The number of nitrogens with one attached hydrogen (secondary N) is 1. The molecule has 0 saturated heterocycles. The molecule has 0 spiro atoms. The van der Waals surface area contributed by atoms with Crippen LogP contribution in [0, 0.1) is 10.8 Å². The molecule has 2 aromatic carbocycles. The second-order valence-electron chi connectivity index (χ2n) is 17.5. The van der Waals surface area contributed by atoms with E-state index >= 15 is 0 Å². The van der Waals surface area contributed by atoms with Crippen molar-refractivity contribution in [2.45, 2.75) is 80.0 Å². The molecule has 12 nitrogen and oxygen atoms in total. The number of carbonyl (C=O) groups excluding carboxylic acids is 2. The maximum absolute atomic E-state index is 12.6.